The molecule has 0 saturated heterocycles. The van der Waals surface area contributed by atoms with Crippen LogP contribution in [0.1, 0.15) is 64.0 Å². The van der Waals surface area contributed by atoms with Gasteiger partial charge < -0.3 is 9.47 Å². The zero-order valence-electron chi connectivity index (χ0n) is 23.8. The number of aryl methyl sites for hydroxylation is 3. The largest absolute Gasteiger partial charge is 0.339 e. The van der Waals surface area contributed by atoms with Crippen molar-refractivity contribution in [1.29, 1.82) is 0 Å². The minimum absolute atomic E-state index is 0.801. The zero-order valence-corrected chi connectivity index (χ0v) is 23.8. The number of fused-ring (bicyclic) bond motifs is 2. The highest BCUT2D eigenvalue weighted by atomic mass is 15.2. The van der Waals surface area contributed by atoms with Gasteiger partial charge in [-0.1, -0.05) is 97.6 Å². The van der Waals surface area contributed by atoms with E-state index < -0.39 is 0 Å². The molecular formula is C38H38N2. The van der Waals surface area contributed by atoms with Gasteiger partial charge in [0.25, 0.3) is 0 Å². The number of allylic oxidation sites excluding steroid dienone is 5. The lowest BCUT2D eigenvalue weighted by molar-refractivity contribution is 0.742. The van der Waals surface area contributed by atoms with Crippen molar-refractivity contribution < 1.29 is 0 Å². The molecule has 0 bridgehead atoms. The Morgan fingerprint density at radius 1 is 0.850 bits per heavy atom. The SMILES string of the molecule is C=C(c1ccc(C2=CCCC=C2)cc1)c1ccc2n1Cc1ccccc1N(C(=C)CCc1ccc(C)cc1C)C2. The molecular weight excluding hydrogens is 484 g/mol. The molecule has 0 atom stereocenters. The van der Waals surface area contributed by atoms with Gasteiger partial charge in [0.15, 0.2) is 0 Å². The van der Waals surface area contributed by atoms with Crippen molar-refractivity contribution in [3.63, 3.8) is 0 Å². The predicted molar refractivity (Wildman–Crippen MR) is 170 cm³/mol. The summed E-state index contributed by atoms with van der Waals surface area (Å²) in [6, 6.07) is 28.9. The molecule has 0 unspecified atom stereocenters. The molecule has 0 N–H and O–H groups in total. The number of anilines is 1. The molecule has 0 fully saturated rings. The van der Waals surface area contributed by atoms with E-state index in [1.54, 1.807) is 0 Å². The van der Waals surface area contributed by atoms with Crippen LogP contribution in [0.25, 0.3) is 11.1 Å². The highest BCUT2D eigenvalue weighted by Crippen LogP contribution is 2.35. The summed E-state index contributed by atoms with van der Waals surface area (Å²) >= 11 is 0. The lowest BCUT2D eigenvalue weighted by Gasteiger charge is -2.27. The molecule has 0 radical (unpaired) electrons. The smallest absolute Gasteiger partial charge is 0.0631 e. The molecule has 1 aliphatic carbocycles. The highest BCUT2D eigenvalue weighted by molar-refractivity contribution is 5.80. The van der Waals surface area contributed by atoms with E-state index in [4.69, 9.17) is 0 Å². The van der Waals surface area contributed by atoms with Crippen molar-refractivity contribution in [2.45, 2.75) is 52.6 Å². The van der Waals surface area contributed by atoms with Gasteiger partial charge in [0.2, 0.25) is 0 Å². The van der Waals surface area contributed by atoms with E-state index in [2.05, 4.69) is 134 Å². The fraction of sp³-hybridized carbons (Fsp3) is 0.211. The molecule has 1 aliphatic heterocycles. The Morgan fingerprint density at radius 3 is 2.45 bits per heavy atom. The van der Waals surface area contributed by atoms with Gasteiger partial charge >= 0.3 is 0 Å². The third kappa shape index (κ3) is 5.14. The Labute approximate surface area is 239 Å². The molecule has 2 nitrogen and oxygen atoms in total. The summed E-state index contributed by atoms with van der Waals surface area (Å²) in [5, 5.41) is 0. The molecule has 0 spiro atoms. The van der Waals surface area contributed by atoms with Crippen LogP contribution in [-0.2, 0) is 19.5 Å². The predicted octanol–water partition coefficient (Wildman–Crippen LogP) is 9.41. The van der Waals surface area contributed by atoms with Gasteiger partial charge in [-0.25, -0.2) is 0 Å². The zero-order chi connectivity index (χ0) is 27.6. The van der Waals surface area contributed by atoms with E-state index in [0.717, 1.165) is 55.6 Å². The third-order valence-electron chi connectivity index (χ3n) is 8.44. The van der Waals surface area contributed by atoms with Crippen molar-refractivity contribution in [1.82, 2.24) is 4.57 Å². The van der Waals surface area contributed by atoms with Crippen LogP contribution in [0.3, 0.4) is 0 Å². The molecule has 1 aromatic heterocycles. The number of benzene rings is 3. The summed E-state index contributed by atoms with van der Waals surface area (Å²) < 4.78 is 2.44. The van der Waals surface area contributed by atoms with Gasteiger partial charge in [-0.05, 0) is 96.7 Å². The van der Waals surface area contributed by atoms with Gasteiger partial charge in [-0.15, -0.1) is 0 Å². The molecule has 40 heavy (non-hydrogen) atoms. The Balaban J connectivity index is 1.26. The van der Waals surface area contributed by atoms with E-state index in [0.29, 0.717) is 0 Å². The summed E-state index contributed by atoms with van der Waals surface area (Å²) in [5.74, 6) is 0. The maximum atomic E-state index is 4.58. The first-order valence-corrected chi connectivity index (χ1v) is 14.4. The molecule has 3 aromatic carbocycles. The molecule has 200 valence electrons. The Hall–Kier alpha value is -4.30. The van der Waals surface area contributed by atoms with E-state index in [9.17, 15) is 0 Å². The number of aromatic nitrogens is 1. The average molecular weight is 523 g/mol. The van der Waals surface area contributed by atoms with Crippen LogP contribution in [0.15, 0.2) is 116 Å². The van der Waals surface area contributed by atoms with Crippen molar-refractivity contribution >= 4 is 16.8 Å². The van der Waals surface area contributed by atoms with Crippen molar-refractivity contribution in [2.75, 3.05) is 4.90 Å². The molecule has 2 heteroatoms. The molecule has 4 aromatic rings. The number of hydrogen-bond donors (Lipinski definition) is 0. The summed E-state index contributed by atoms with van der Waals surface area (Å²) in [4.78, 5) is 2.42. The summed E-state index contributed by atoms with van der Waals surface area (Å²) in [5.41, 5.74) is 15.1. The quantitative estimate of drug-likeness (QED) is 0.235. The van der Waals surface area contributed by atoms with Gasteiger partial charge in [-0.2, -0.15) is 0 Å². The molecule has 0 amide bonds. The van der Waals surface area contributed by atoms with Crippen LogP contribution < -0.4 is 4.90 Å². The van der Waals surface area contributed by atoms with Gasteiger partial charge in [0.05, 0.1) is 6.54 Å². The Bertz CT molecular complexity index is 1640. The number of para-hydroxylation sites is 1. The Kier molecular flexibility index (Phi) is 7.17. The first kappa shape index (κ1) is 26.0. The minimum Gasteiger partial charge on any atom is -0.339 e. The first-order valence-electron chi connectivity index (χ1n) is 14.4. The van der Waals surface area contributed by atoms with Crippen LogP contribution >= 0.6 is 0 Å². The maximum Gasteiger partial charge on any atom is 0.0631 e. The standard InChI is InChI=1S/C38H38N2/c1-27-14-16-31(28(2)24-27)17-15-29(3)39-26-36-22-23-37(40(36)25-35-12-8-9-13-38(35)39)30(4)32-18-20-34(21-19-32)33-10-6-5-7-11-33/h6,8-14,16,18-24H,3-5,7,15,17,25-26H2,1-2H3. The molecule has 2 heterocycles. The van der Waals surface area contributed by atoms with Crippen LogP contribution in [0.4, 0.5) is 5.69 Å². The van der Waals surface area contributed by atoms with Gasteiger partial charge in [0, 0.05) is 29.3 Å². The average Bonchev–Trinajstić information content (AvgIpc) is 3.29. The Morgan fingerprint density at radius 2 is 1.68 bits per heavy atom. The second-order valence-electron chi connectivity index (χ2n) is 11.2. The van der Waals surface area contributed by atoms with Crippen LogP contribution in [0.2, 0.25) is 0 Å². The van der Waals surface area contributed by atoms with Crippen LogP contribution in [0, 0.1) is 13.8 Å². The van der Waals surface area contributed by atoms with Crippen molar-refractivity contribution in [3.8, 4) is 0 Å². The first-order chi connectivity index (χ1) is 19.5. The van der Waals surface area contributed by atoms with Gasteiger partial charge in [-0.3, -0.25) is 0 Å². The van der Waals surface area contributed by atoms with E-state index in [1.165, 1.54) is 50.5 Å². The summed E-state index contributed by atoms with van der Waals surface area (Å²) in [7, 11) is 0. The number of nitrogens with zero attached hydrogens (tertiary/aromatic N) is 2. The summed E-state index contributed by atoms with van der Waals surface area (Å²) in [6.07, 6.45) is 11.0. The molecule has 0 saturated carbocycles. The second-order valence-corrected chi connectivity index (χ2v) is 11.2. The van der Waals surface area contributed by atoms with Crippen molar-refractivity contribution in [2.24, 2.45) is 0 Å². The topological polar surface area (TPSA) is 8.17 Å². The lowest BCUT2D eigenvalue weighted by Crippen LogP contribution is -2.22. The molecule has 2 aliphatic rings. The van der Waals surface area contributed by atoms with E-state index in [1.807, 2.05) is 0 Å². The maximum absolute atomic E-state index is 4.58. The van der Waals surface area contributed by atoms with Gasteiger partial charge in [0.1, 0.15) is 0 Å². The lowest BCUT2D eigenvalue weighted by atomic mass is 9.96. The van der Waals surface area contributed by atoms with Crippen LogP contribution in [-0.4, -0.2) is 4.57 Å². The van der Waals surface area contributed by atoms with E-state index >= 15 is 0 Å². The summed E-state index contributed by atoms with van der Waals surface area (Å²) in [6.45, 7) is 15.1. The molecule has 6 rings (SSSR count). The second kappa shape index (κ2) is 11.1. The fourth-order valence-corrected chi connectivity index (χ4v) is 6.09. The van der Waals surface area contributed by atoms with Crippen molar-refractivity contribution in [3.05, 3.63) is 161 Å². The minimum atomic E-state index is 0.801. The highest BCUT2D eigenvalue weighted by Gasteiger charge is 2.23. The number of rotatable bonds is 7. The fourth-order valence-electron chi connectivity index (χ4n) is 6.09. The monoisotopic (exact) mass is 522 g/mol. The third-order valence-corrected chi connectivity index (χ3v) is 8.44. The normalized spacial score (nSPS) is 14.2. The number of hydrogen-bond acceptors (Lipinski definition) is 1. The van der Waals surface area contributed by atoms with E-state index in [-0.39, 0.29) is 0 Å². The van der Waals surface area contributed by atoms with Crippen LogP contribution in [0.5, 0.6) is 0 Å².